The molecule has 0 saturated heterocycles. The zero-order chi connectivity index (χ0) is 15.1. The lowest BCUT2D eigenvalue weighted by molar-refractivity contribution is -0.137. The molecule has 0 aliphatic rings. The van der Waals surface area contributed by atoms with Gasteiger partial charge in [-0.2, -0.15) is 0 Å². The highest BCUT2D eigenvalue weighted by atomic mass is 16.5. The molecule has 0 radical (unpaired) electrons. The number of carbonyl (C=O) groups excluding carboxylic acids is 2. The van der Waals surface area contributed by atoms with E-state index < -0.39 is 5.97 Å². The number of esters is 1. The van der Waals surface area contributed by atoms with Gasteiger partial charge in [0.25, 0.3) is 0 Å². The summed E-state index contributed by atoms with van der Waals surface area (Å²) in [5.74, 6) is -0.937. The molecule has 2 rings (SSSR count). The summed E-state index contributed by atoms with van der Waals surface area (Å²) in [6.45, 7) is 1.94. The fraction of sp³-hybridized carbons (Fsp3) is 0.111. The Hall–Kier alpha value is -2.68. The molecule has 0 atom stereocenters. The van der Waals surface area contributed by atoms with Crippen LogP contribution in [0.5, 0.6) is 0 Å². The van der Waals surface area contributed by atoms with E-state index in [0.717, 1.165) is 5.56 Å². The van der Waals surface area contributed by atoms with Crippen molar-refractivity contribution in [3.63, 3.8) is 0 Å². The quantitative estimate of drug-likeness (QED) is 0.277. The molecular formula is C18H16O3. The van der Waals surface area contributed by atoms with Gasteiger partial charge < -0.3 is 4.74 Å². The van der Waals surface area contributed by atoms with Crippen LogP contribution in [0.1, 0.15) is 22.8 Å². The first-order valence-corrected chi connectivity index (χ1v) is 6.76. The van der Waals surface area contributed by atoms with E-state index in [0.29, 0.717) is 5.56 Å². The monoisotopic (exact) mass is 280 g/mol. The van der Waals surface area contributed by atoms with Gasteiger partial charge in [0.05, 0.1) is 6.61 Å². The van der Waals surface area contributed by atoms with E-state index in [4.69, 9.17) is 4.74 Å². The number of hydrogen-bond donors (Lipinski definition) is 0. The van der Waals surface area contributed by atoms with Gasteiger partial charge in [-0.15, -0.1) is 0 Å². The van der Waals surface area contributed by atoms with E-state index in [9.17, 15) is 9.59 Å². The van der Waals surface area contributed by atoms with Crippen molar-refractivity contribution < 1.29 is 14.3 Å². The highest BCUT2D eigenvalue weighted by Crippen LogP contribution is 2.14. The average Bonchev–Trinajstić information content (AvgIpc) is 2.54. The van der Waals surface area contributed by atoms with E-state index >= 15 is 0 Å². The first kappa shape index (κ1) is 14.7. The summed E-state index contributed by atoms with van der Waals surface area (Å²) in [5.41, 5.74) is 1.28. The number of carbonyl (C=O) groups is 2. The topological polar surface area (TPSA) is 43.4 Å². The Labute approximate surface area is 123 Å². The van der Waals surface area contributed by atoms with Crippen LogP contribution < -0.4 is 0 Å². The summed E-state index contributed by atoms with van der Waals surface area (Å²) in [4.78, 5) is 24.5. The highest BCUT2D eigenvalue weighted by Gasteiger charge is 2.20. The van der Waals surface area contributed by atoms with Gasteiger partial charge in [-0.05, 0) is 18.6 Å². The summed E-state index contributed by atoms with van der Waals surface area (Å²) in [6.07, 6.45) is 1.56. The lowest BCUT2D eigenvalue weighted by Gasteiger charge is -2.06. The molecule has 0 amide bonds. The normalized spacial score (nSPS) is 11.0. The Kier molecular flexibility index (Phi) is 5.04. The second-order valence-corrected chi connectivity index (χ2v) is 4.38. The van der Waals surface area contributed by atoms with Crippen LogP contribution in [0.15, 0.2) is 66.2 Å². The maximum Gasteiger partial charge on any atom is 0.342 e. The van der Waals surface area contributed by atoms with Gasteiger partial charge in [-0.3, -0.25) is 4.79 Å². The molecule has 3 nitrogen and oxygen atoms in total. The number of Topliss-reactive ketones (excluding diaryl/α,β-unsaturated/α-hetero) is 1. The van der Waals surface area contributed by atoms with Crippen molar-refractivity contribution in [3.05, 3.63) is 77.4 Å². The lowest BCUT2D eigenvalue weighted by Crippen LogP contribution is -2.16. The molecule has 0 aliphatic heterocycles. The Balaban J connectivity index is 2.40. The molecular weight excluding hydrogens is 264 g/mol. The molecule has 106 valence electrons. The van der Waals surface area contributed by atoms with Crippen LogP contribution in [0.2, 0.25) is 0 Å². The van der Waals surface area contributed by atoms with Gasteiger partial charge in [-0.1, -0.05) is 60.7 Å². The Morgan fingerprint density at radius 1 is 0.952 bits per heavy atom. The van der Waals surface area contributed by atoms with Crippen LogP contribution in [0.4, 0.5) is 0 Å². The third-order valence-corrected chi connectivity index (χ3v) is 2.89. The minimum absolute atomic E-state index is 0.0363. The van der Waals surface area contributed by atoms with Crippen molar-refractivity contribution in [2.24, 2.45) is 0 Å². The predicted molar refractivity (Wildman–Crippen MR) is 81.8 cm³/mol. The molecule has 0 unspecified atom stereocenters. The molecule has 0 N–H and O–H groups in total. The lowest BCUT2D eigenvalue weighted by atomic mass is 10.0. The number of ether oxygens (including phenoxy) is 1. The van der Waals surface area contributed by atoms with Gasteiger partial charge in [0.15, 0.2) is 5.78 Å². The molecule has 0 spiro atoms. The number of benzene rings is 2. The minimum atomic E-state index is -0.602. The summed E-state index contributed by atoms with van der Waals surface area (Å²) in [5, 5.41) is 0. The molecule has 0 bridgehead atoms. The third-order valence-electron chi connectivity index (χ3n) is 2.89. The largest absolute Gasteiger partial charge is 0.462 e. The first-order valence-electron chi connectivity index (χ1n) is 6.76. The smallest absolute Gasteiger partial charge is 0.342 e. The first-order chi connectivity index (χ1) is 10.2. The predicted octanol–water partition coefficient (Wildman–Crippen LogP) is 3.52. The Morgan fingerprint density at radius 2 is 1.52 bits per heavy atom. The SMILES string of the molecule is CCOC(=O)/C(=C/c1ccccc1)C(=O)c1ccccc1. The van der Waals surface area contributed by atoms with Gasteiger partial charge in [0.2, 0.25) is 0 Å². The van der Waals surface area contributed by atoms with Crippen LogP contribution in [0, 0.1) is 0 Å². The van der Waals surface area contributed by atoms with Crippen molar-refractivity contribution in [1.82, 2.24) is 0 Å². The second-order valence-electron chi connectivity index (χ2n) is 4.38. The zero-order valence-electron chi connectivity index (χ0n) is 11.8. The van der Waals surface area contributed by atoms with Crippen LogP contribution in [0.25, 0.3) is 6.08 Å². The molecule has 0 aliphatic carbocycles. The minimum Gasteiger partial charge on any atom is -0.462 e. The van der Waals surface area contributed by atoms with E-state index in [-0.39, 0.29) is 18.0 Å². The molecule has 21 heavy (non-hydrogen) atoms. The van der Waals surface area contributed by atoms with Crippen molar-refractivity contribution in [2.75, 3.05) is 6.61 Å². The molecule has 0 heterocycles. The Bertz CT molecular complexity index is 643. The standard InChI is InChI=1S/C18H16O3/c1-2-21-18(20)16(13-14-9-5-3-6-10-14)17(19)15-11-7-4-8-12-15/h3-13H,2H2,1H3/b16-13+. The van der Waals surface area contributed by atoms with E-state index in [1.807, 2.05) is 36.4 Å². The summed E-state index contributed by atoms with van der Waals surface area (Å²) >= 11 is 0. The molecule has 0 saturated carbocycles. The second kappa shape index (κ2) is 7.20. The van der Waals surface area contributed by atoms with Crippen LogP contribution >= 0.6 is 0 Å². The molecule has 2 aromatic carbocycles. The van der Waals surface area contributed by atoms with Crippen molar-refractivity contribution in [2.45, 2.75) is 6.92 Å². The molecule has 0 fully saturated rings. The van der Waals surface area contributed by atoms with E-state index in [2.05, 4.69) is 0 Å². The van der Waals surface area contributed by atoms with Gasteiger partial charge in [0, 0.05) is 5.56 Å². The van der Waals surface area contributed by atoms with Crippen molar-refractivity contribution in [1.29, 1.82) is 0 Å². The number of hydrogen-bond acceptors (Lipinski definition) is 3. The van der Waals surface area contributed by atoms with Gasteiger partial charge >= 0.3 is 5.97 Å². The fourth-order valence-corrected chi connectivity index (χ4v) is 1.89. The zero-order valence-corrected chi connectivity index (χ0v) is 11.8. The third kappa shape index (κ3) is 3.89. The van der Waals surface area contributed by atoms with E-state index in [1.165, 1.54) is 0 Å². The number of rotatable bonds is 5. The summed E-state index contributed by atoms with van der Waals surface area (Å²) in [6, 6.07) is 17.9. The molecule has 3 heteroatoms. The fourth-order valence-electron chi connectivity index (χ4n) is 1.89. The molecule has 0 aromatic heterocycles. The summed E-state index contributed by atoms with van der Waals surface area (Å²) < 4.78 is 4.99. The average molecular weight is 280 g/mol. The maximum absolute atomic E-state index is 12.5. The van der Waals surface area contributed by atoms with Crippen LogP contribution in [0.3, 0.4) is 0 Å². The van der Waals surface area contributed by atoms with Crippen molar-refractivity contribution in [3.8, 4) is 0 Å². The van der Waals surface area contributed by atoms with Crippen LogP contribution in [-0.4, -0.2) is 18.4 Å². The van der Waals surface area contributed by atoms with Gasteiger partial charge in [0.1, 0.15) is 5.57 Å². The highest BCUT2D eigenvalue weighted by molar-refractivity contribution is 6.26. The van der Waals surface area contributed by atoms with Gasteiger partial charge in [-0.25, -0.2) is 4.79 Å². The number of ketones is 1. The molecule has 2 aromatic rings. The van der Waals surface area contributed by atoms with E-state index in [1.54, 1.807) is 37.3 Å². The summed E-state index contributed by atoms with van der Waals surface area (Å²) in [7, 11) is 0. The van der Waals surface area contributed by atoms with Crippen molar-refractivity contribution >= 4 is 17.8 Å². The Morgan fingerprint density at radius 3 is 2.10 bits per heavy atom. The van der Waals surface area contributed by atoms with Crippen LogP contribution in [-0.2, 0) is 9.53 Å². The maximum atomic E-state index is 12.5.